The van der Waals surface area contributed by atoms with Crippen molar-refractivity contribution in [3.05, 3.63) is 11.8 Å². The lowest BCUT2D eigenvalue weighted by molar-refractivity contribution is -0.133. The van der Waals surface area contributed by atoms with Gasteiger partial charge in [0, 0.05) is 17.0 Å². The zero-order chi connectivity index (χ0) is 13.9. The van der Waals surface area contributed by atoms with E-state index in [-0.39, 0.29) is 17.0 Å². The number of allylic oxidation sites excluding steroid dienone is 1. The lowest BCUT2D eigenvalue weighted by Crippen LogP contribution is -2.38. The Balaban J connectivity index is 5.09. The molecule has 0 amide bonds. The molecule has 0 spiro atoms. The topological polar surface area (TPSA) is 66.4 Å². The van der Waals surface area contributed by atoms with Gasteiger partial charge in [0.2, 0.25) is 0 Å². The van der Waals surface area contributed by atoms with Crippen LogP contribution < -0.4 is 5.32 Å². The molecule has 4 heteroatoms. The number of carbonyl (C=O) groups is 2. The Labute approximate surface area is 103 Å². The summed E-state index contributed by atoms with van der Waals surface area (Å²) in [6, 6.07) is 0. The van der Waals surface area contributed by atoms with Gasteiger partial charge in [0.05, 0.1) is 0 Å². The van der Waals surface area contributed by atoms with Crippen molar-refractivity contribution in [2.24, 2.45) is 5.41 Å². The molecule has 17 heavy (non-hydrogen) atoms. The van der Waals surface area contributed by atoms with Crippen LogP contribution in [0.15, 0.2) is 11.8 Å². The number of hydrogen-bond acceptors (Lipinski definition) is 3. The monoisotopic (exact) mass is 241 g/mol. The van der Waals surface area contributed by atoms with Gasteiger partial charge in [-0.3, -0.25) is 4.79 Å². The van der Waals surface area contributed by atoms with Gasteiger partial charge in [0.1, 0.15) is 5.70 Å². The first-order valence-electron chi connectivity index (χ1n) is 5.77. The van der Waals surface area contributed by atoms with Crippen LogP contribution in [0.2, 0.25) is 0 Å². The molecule has 0 aliphatic rings. The summed E-state index contributed by atoms with van der Waals surface area (Å²) in [7, 11) is 0. The van der Waals surface area contributed by atoms with Crippen molar-refractivity contribution < 1.29 is 14.7 Å². The molecule has 0 saturated carbocycles. The van der Waals surface area contributed by atoms with Crippen molar-refractivity contribution in [2.45, 2.75) is 53.5 Å². The van der Waals surface area contributed by atoms with E-state index in [9.17, 15) is 9.59 Å². The highest BCUT2D eigenvalue weighted by atomic mass is 16.4. The molecule has 0 saturated heterocycles. The van der Waals surface area contributed by atoms with Crippen molar-refractivity contribution in [1.29, 1.82) is 0 Å². The van der Waals surface area contributed by atoms with Crippen LogP contribution in [0.4, 0.5) is 0 Å². The van der Waals surface area contributed by atoms with E-state index in [0.717, 1.165) is 0 Å². The molecule has 0 aliphatic carbocycles. The molecular formula is C13H23NO3. The van der Waals surface area contributed by atoms with Crippen LogP contribution in [0.25, 0.3) is 0 Å². The van der Waals surface area contributed by atoms with E-state index < -0.39 is 11.4 Å². The summed E-state index contributed by atoms with van der Waals surface area (Å²) in [4.78, 5) is 23.0. The van der Waals surface area contributed by atoms with Gasteiger partial charge in [-0.25, -0.2) is 4.79 Å². The van der Waals surface area contributed by atoms with Crippen molar-refractivity contribution >= 4 is 11.8 Å². The van der Waals surface area contributed by atoms with Crippen LogP contribution in [0.1, 0.15) is 48.0 Å². The zero-order valence-corrected chi connectivity index (χ0v) is 11.5. The molecule has 0 radical (unpaired) electrons. The molecule has 0 aromatic heterocycles. The molecule has 0 atom stereocenters. The number of carboxylic acids is 1. The number of nitrogens with one attached hydrogen (secondary N) is 1. The lowest BCUT2D eigenvalue weighted by Gasteiger charge is -2.24. The van der Waals surface area contributed by atoms with Gasteiger partial charge < -0.3 is 10.4 Å². The number of ketones is 1. The van der Waals surface area contributed by atoms with Gasteiger partial charge >= 0.3 is 5.97 Å². The van der Waals surface area contributed by atoms with Gasteiger partial charge in [-0.15, -0.1) is 0 Å². The molecule has 0 aromatic carbocycles. The van der Waals surface area contributed by atoms with E-state index in [2.05, 4.69) is 5.32 Å². The Morgan fingerprint density at radius 2 is 1.65 bits per heavy atom. The summed E-state index contributed by atoms with van der Waals surface area (Å²) in [5.74, 6) is -1.28. The van der Waals surface area contributed by atoms with Gasteiger partial charge in [-0.05, 0) is 27.2 Å². The van der Waals surface area contributed by atoms with Gasteiger partial charge in [0.15, 0.2) is 5.78 Å². The highest BCUT2D eigenvalue weighted by Gasteiger charge is 2.26. The Morgan fingerprint density at radius 3 is 1.94 bits per heavy atom. The van der Waals surface area contributed by atoms with Crippen molar-refractivity contribution in [1.82, 2.24) is 5.32 Å². The van der Waals surface area contributed by atoms with Crippen molar-refractivity contribution in [3.63, 3.8) is 0 Å². The summed E-state index contributed by atoms with van der Waals surface area (Å²) in [6.07, 6.45) is 1.86. The Hall–Kier alpha value is -1.32. The highest BCUT2D eigenvalue weighted by Crippen LogP contribution is 2.22. The normalized spacial score (nSPS) is 13.4. The number of carbonyl (C=O) groups excluding carboxylic acids is 1. The van der Waals surface area contributed by atoms with Crippen molar-refractivity contribution in [3.8, 4) is 0 Å². The molecule has 2 N–H and O–H groups in total. The van der Waals surface area contributed by atoms with E-state index in [0.29, 0.717) is 6.42 Å². The van der Waals surface area contributed by atoms with Crippen molar-refractivity contribution in [2.75, 3.05) is 0 Å². The minimum atomic E-state index is -1.11. The first-order chi connectivity index (χ1) is 7.49. The predicted octanol–water partition coefficient (Wildman–Crippen LogP) is 2.35. The van der Waals surface area contributed by atoms with E-state index >= 15 is 0 Å². The molecule has 98 valence electrons. The zero-order valence-electron chi connectivity index (χ0n) is 11.5. The quantitative estimate of drug-likeness (QED) is 0.725. The second-order valence-electron chi connectivity index (χ2n) is 5.84. The number of hydrogen-bond donors (Lipinski definition) is 2. The fourth-order valence-corrected chi connectivity index (χ4v) is 1.06. The molecular weight excluding hydrogens is 218 g/mol. The minimum Gasteiger partial charge on any atom is -0.477 e. The largest absolute Gasteiger partial charge is 0.477 e. The van der Waals surface area contributed by atoms with Crippen LogP contribution in [0.3, 0.4) is 0 Å². The molecule has 0 aliphatic heterocycles. The molecule has 0 fully saturated rings. The SMILES string of the molecule is CCC(C)(C)C(=O)C=C(NC(C)(C)C)C(=O)O. The maximum atomic E-state index is 11.9. The second-order valence-corrected chi connectivity index (χ2v) is 5.84. The summed E-state index contributed by atoms with van der Waals surface area (Å²) in [5, 5.41) is 11.9. The van der Waals surface area contributed by atoms with Crippen LogP contribution in [0, 0.1) is 5.41 Å². The van der Waals surface area contributed by atoms with Crippen LogP contribution in [-0.2, 0) is 9.59 Å². The average Bonchev–Trinajstić information content (AvgIpc) is 2.14. The third kappa shape index (κ3) is 5.52. The van der Waals surface area contributed by atoms with E-state index in [1.54, 1.807) is 0 Å². The van der Waals surface area contributed by atoms with E-state index in [1.165, 1.54) is 6.08 Å². The molecule has 0 aromatic rings. The summed E-state index contributed by atoms with van der Waals surface area (Å²) in [5.41, 5.74) is -0.967. The maximum Gasteiger partial charge on any atom is 0.352 e. The second kappa shape index (κ2) is 5.34. The number of aliphatic carboxylic acids is 1. The summed E-state index contributed by atoms with van der Waals surface area (Å²) in [6.45, 7) is 11.1. The molecule has 0 bridgehead atoms. The van der Waals surface area contributed by atoms with Gasteiger partial charge in [0.25, 0.3) is 0 Å². The Morgan fingerprint density at radius 1 is 1.18 bits per heavy atom. The standard InChI is InChI=1S/C13H23NO3/c1-7-13(5,6)10(15)8-9(11(16)17)14-12(2,3)4/h8,14H,7H2,1-6H3,(H,16,17). The smallest absolute Gasteiger partial charge is 0.352 e. The fraction of sp³-hybridized carbons (Fsp3) is 0.692. The number of rotatable bonds is 5. The Bertz CT molecular complexity index is 335. The van der Waals surface area contributed by atoms with Crippen LogP contribution in [0.5, 0.6) is 0 Å². The van der Waals surface area contributed by atoms with E-state index in [4.69, 9.17) is 5.11 Å². The summed E-state index contributed by atoms with van der Waals surface area (Å²) < 4.78 is 0. The highest BCUT2D eigenvalue weighted by molar-refractivity contribution is 6.00. The van der Waals surface area contributed by atoms with Gasteiger partial charge in [-0.2, -0.15) is 0 Å². The third-order valence-corrected chi connectivity index (χ3v) is 2.57. The molecule has 0 rings (SSSR count). The fourth-order valence-electron chi connectivity index (χ4n) is 1.06. The first-order valence-corrected chi connectivity index (χ1v) is 5.77. The Kier molecular flexibility index (Phi) is 4.93. The minimum absolute atomic E-state index is 0.0518. The van der Waals surface area contributed by atoms with E-state index in [1.807, 2.05) is 41.5 Å². The average molecular weight is 241 g/mol. The predicted molar refractivity (Wildman–Crippen MR) is 67.7 cm³/mol. The summed E-state index contributed by atoms with van der Waals surface area (Å²) >= 11 is 0. The maximum absolute atomic E-state index is 11.9. The lowest BCUT2D eigenvalue weighted by atomic mass is 9.85. The molecule has 0 unspecified atom stereocenters. The molecule has 4 nitrogen and oxygen atoms in total. The third-order valence-electron chi connectivity index (χ3n) is 2.57. The molecule has 0 heterocycles. The van der Waals surface area contributed by atoms with Crippen LogP contribution in [-0.4, -0.2) is 22.4 Å². The van der Waals surface area contributed by atoms with Gasteiger partial charge in [-0.1, -0.05) is 20.8 Å². The number of carboxylic acid groups (broad SMARTS) is 1. The first kappa shape index (κ1) is 15.7. The van der Waals surface area contributed by atoms with Crippen LogP contribution >= 0.6 is 0 Å².